The van der Waals surface area contributed by atoms with Crippen molar-refractivity contribution in [3.63, 3.8) is 0 Å². The third-order valence-electron chi connectivity index (χ3n) is 3.31. The number of methoxy groups -OCH3 is 1. The molecule has 1 amide bonds. The molecular formula is C11H23N3O2. The van der Waals surface area contributed by atoms with Crippen molar-refractivity contribution in [3.05, 3.63) is 0 Å². The van der Waals surface area contributed by atoms with Crippen LogP contribution in [0.2, 0.25) is 0 Å². The van der Waals surface area contributed by atoms with Crippen molar-refractivity contribution in [1.29, 1.82) is 0 Å². The molecule has 1 rings (SSSR count). The fourth-order valence-electron chi connectivity index (χ4n) is 1.92. The Hall–Kier alpha value is -0.650. The van der Waals surface area contributed by atoms with Crippen molar-refractivity contribution < 1.29 is 9.53 Å². The van der Waals surface area contributed by atoms with E-state index in [-0.39, 0.29) is 0 Å². The van der Waals surface area contributed by atoms with Crippen molar-refractivity contribution in [2.45, 2.75) is 37.8 Å². The molecule has 2 atom stereocenters. The Morgan fingerprint density at radius 3 is 2.88 bits per heavy atom. The summed E-state index contributed by atoms with van der Waals surface area (Å²) in [5, 5.41) is 0. The van der Waals surface area contributed by atoms with Crippen LogP contribution in [0.15, 0.2) is 0 Å². The second kappa shape index (κ2) is 5.61. The highest BCUT2D eigenvalue weighted by Gasteiger charge is 2.27. The zero-order chi connectivity index (χ0) is 12.2. The molecule has 5 heteroatoms. The molecule has 0 bridgehead atoms. The van der Waals surface area contributed by atoms with E-state index in [9.17, 15) is 4.79 Å². The van der Waals surface area contributed by atoms with E-state index in [0.717, 1.165) is 32.5 Å². The van der Waals surface area contributed by atoms with Crippen LogP contribution in [-0.2, 0) is 9.53 Å². The maximum Gasteiger partial charge on any atom is 0.237 e. The smallest absolute Gasteiger partial charge is 0.237 e. The molecule has 0 aromatic rings. The predicted octanol–water partition coefficient (Wildman–Crippen LogP) is -0.310. The highest BCUT2D eigenvalue weighted by Crippen LogP contribution is 2.14. The van der Waals surface area contributed by atoms with Gasteiger partial charge in [-0.05, 0) is 32.7 Å². The minimum Gasteiger partial charge on any atom is -0.380 e. The zero-order valence-corrected chi connectivity index (χ0v) is 10.2. The first-order valence-corrected chi connectivity index (χ1v) is 5.79. The Morgan fingerprint density at radius 2 is 2.31 bits per heavy atom. The van der Waals surface area contributed by atoms with Crippen LogP contribution in [0.4, 0.5) is 0 Å². The molecule has 94 valence electrons. The SMILES string of the molecule is COC1CCCN(CCC(C)(N)C(N)=O)C1. The highest BCUT2D eigenvalue weighted by atomic mass is 16.5. The first-order chi connectivity index (χ1) is 7.45. The Labute approximate surface area is 97.1 Å². The Morgan fingerprint density at radius 1 is 1.62 bits per heavy atom. The lowest BCUT2D eigenvalue weighted by atomic mass is 9.97. The molecule has 16 heavy (non-hydrogen) atoms. The first kappa shape index (κ1) is 13.4. The van der Waals surface area contributed by atoms with Gasteiger partial charge in [0.05, 0.1) is 11.6 Å². The molecule has 0 saturated carbocycles. The summed E-state index contributed by atoms with van der Waals surface area (Å²) >= 11 is 0. The second-order valence-electron chi connectivity index (χ2n) is 4.83. The molecule has 0 radical (unpaired) electrons. The van der Waals surface area contributed by atoms with Crippen molar-refractivity contribution in [1.82, 2.24) is 4.90 Å². The van der Waals surface area contributed by atoms with Gasteiger partial charge in [-0.3, -0.25) is 4.79 Å². The number of carbonyl (C=O) groups excluding carboxylic acids is 1. The molecule has 1 fully saturated rings. The molecule has 1 saturated heterocycles. The first-order valence-electron chi connectivity index (χ1n) is 5.79. The lowest BCUT2D eigenvalue weighted by molar-refractivity contribution is -0.123. The Kier molecular flexibility index (Phi) is 4.70. The molecule has 4 N–H and O–H groups in total. The molecule has 5 nitrogen and oxygen atoms in total. The monoisotopic (exact) mass is 229 g/mol. The van der Waals surface area contributed by atoms with Gasteiger partial charge in [-0.15, -0.1) is 0 Å². The van der Waals surface area contributed by atoms with E-state index in [1.165, 1.54) is 0 Å². The molecule has 0 aromatic carbocycles. The third-order valence-corrected chi connectivity index (χ3v) is 3.31. The van der Waals surface area contributed by atoms with Gasteiger partial charge in [0.25, 0.3) is 0 Å². The second-order valence-corrected chi connectivity index (χ2v) is 4.83. The van der Waals surface area contributed by atoms with Gasteiger partial charge in [-0.2, -0.15) is 0 Å². The van der Waals surface area contributed by atoms with Gasteiger partial charge in [0, 0.05) is 20.2 Å². The van der Waals surface area contributed by atoms with Gasteiger partial charge in [0.15, 0.2) is 0 Å². The molecule has 0 aliphatic carbocycles. The number of nitrogens with zero attached hydrogens (tertiary/aromatic N) is 1. The van der Waals surface area contributed by atoms with E-state index in [0.29, 0.717) is 12.5 Å². The molecule has 2 unspecified atom stereocenters. The van der Waals surface area contributed by atoms with E-state index in [1.807, 2.05) is 0 Å². The van der Waals surface area contributed by atoms with Crippen LogP contribution in [0.5, 0.6) is 0 Å². The number of ether oxygens (including phenoxy) is 1. The fourth-order valence-corrected chi connectivity index (χ4v) is 1.92. The van der Waals surface area contributed by atoms with Crippen molar-refractivity contribution >= 4 is 5.91 Å². The van der Waals surface area contributed by atoms with Gasteiger partial charge in [-0.1, -0.05) is 0 Å². The molecule has 1 aliphatic heterocycles. The van der Waals surface area contributed by atoms with E-state index >= 15 is 0 Å². The third kappa shape index (κ3) is 3.73. The van der Waals surface area contributed by atoms with E-state index in [1.54, 1.807) is 14.0 Å². The number of nitrogens with two attached hydrogens (primary N) is 2. The van der Waals surface area contributed by atoms with Crippen molar-refractivity contribution in [3.8, 4) is 0 Å². The van der Waals surface area contributed by atoms with Crippen LogP contribution in [0.3, 0.4) is 0 Å². The lowest BCUT2D eigenvalue weighted by Gasteiger charge is -2.33. The summed E-state index contributed by atoms with van der Waals surface area (Å²) in [6.07, 6.45) is 3.16. The summed E-state index contributed by atoms with van der Waals surface area (Å²) < 4.78 is 5.34. The van der Waals surface area contributed by atoms with Crippen LogP contribution in [0, 0.1) is 0 Å². The highest BCUT2D eigenvalue weighted by molar-refractivity contribution is 5.83. The van der Waals surface area contributed by atoms with Gasteiger partial charge in [0.2, 0.25) is 5.91 Å². The summed E-state index contributed by atoms with van der Waals surface area (Å²) in [5.41, 5.74) is 10.1. The quantitative estimate of drug-likeness (QED) is 0.677. The molecule has 1 heterocycles. The number of hydrogen-bond acceptors (Lipinski definition) is 4. The maximum atomic E-state index is 11.1. The minimum atomic E-state index is -0.903. The Bertz CT molecular complexity index is 243. The van der Waals surface area contributed by atoms with Gasteiger partial charge >= 0.3 is 0 Å². The molecule has 0 spiro atoms. The van der Waals surface area contributed by atoms with Crippen molar-refractivity contribution in [2.75, 3.05) is 26.7 Å². The molecule has 0 aromatic heterocycles. The lowest BCUT2D eigenvalue weighted by Crippen LogP contribution is -2.52. The summed E-state index contributed by atoms with van der Waals surface area (Å²) in [7, 11) is 1.74. The predicted molar refractivity (Wildman–Crippen MR) is 62.9 cm³/mol. The van der Waals surface area contributed by atoms with Crippen LogP contribution in [-0.4, -0.2) is 49.2 Å². The number of hydrogen-bond donors (Lipinski definition) is 2. The summed E-state index contributed by atoms with van der Waals surface area (Å²) in [5.74, 6) is -0.437. The molecule has 1 aliphatic rings. The maximum absolute atomic E-state index is 11.1. The van der Waals surface area contributed by atoms with Crippen LogP contribution >= 0.6 is 0 Å². The van der Waals surface area contributed by atoms with E-state index in [4.69, 9.17) is 16.2 Å². The van der Waals surface area contributed by atoms with E-state index in [2.05, 4.69) is 4.90 Å². The topological polar surface area (TPSA) is 81.6 Å². The number of piperidine rings is 1. The van der Waals surface area contributed by atoms with Crippen LogP contribution in [0.25, 0.3) is 0 Å². The van der Waals surface area contributed by atoms with Gasteiger partial charge in [-0.25, -0.2) is 0 Å². The minimum absolute atomic E-state index is 0.311. The van der Waals surface area contributed by atoms with Crippen LogP contribution in [0.1, 0.15) is 26.2 Å². The zero-order valence-electron chi connectivity index (χ0n) is 10.2. The number of primary amides is 1. The Balaban J connectivity index is 2.35. The normalized spacial score (nSPS) is 26.3. The van der Waals surface area contributed by atoms with E-state index < -0.39 is 11.4 Å². The largest absolute Gasteiger partial charge is 0.380 e. The number of rotatable bonds is 5. The fraction of sp³-hybridized carbons (Fsp3) is 0.909. The van der Waals surface area contributed by atoms with Gasteiger partial charge in [0.1, 0.15) is 0 Å². The average Bonchev–Trinajstić information content (AvgIpc) is 2.26. The number of likely N-dealkylation sites (tertiary alicyclic amines) is 1. The van der Waals surface area contributed by atoms with Gasteiger partial charge < -0.3 is 21.1 Å². The standard InChI is InChI=1S/C11H23N3O2/c1-11(13,10(12)15)5-7-14-6-3-4-9(8-14)16-2/h9H,3-8,13H2,1-2H3,(H2,12,15). The number of amides is 1. The summed E-state index contributed by atoms with van der Waals surface area (Å²) in [6, 6.07) is 0. The summed E-state index contributed by atoms with van der Waals surface area (Å²) in [6.45, 7) is 4.46. The molecular weight excluding hydrogens is 206 g/mol. The number of carbonyl (C=O) groups is 1. The average molecular weight is 229 g/mol. The van der Waals surface area contributed by atoms with Crippen LogP contribution < -0.4 is 11.5 Å². The van der Waals surface area contributed by atoms with Crippen molar-refractivity contribution in [2.24, 2.45) is 11.5 Å². The summed E-state index contributed by atoms with van der Waals surface area (Å²) in [4.78, 5) is 13.4.